The van der Waals surface area contributed by atoms with Gasteiger partial charge in [0.15, 0.2) is 0 Å². The Labute approximate surface area is 88.9 Å². The van der Waals surface area contributed by atoms with Crippen LogP contribution in [-0.2, 0) is 0 Å². The molecule has 1 unspecified atom stereocenters. The second-order valence-electron chi connectivity index (χ2n) is 3.36. The molecule has 0 radical (unpaired) electrons. The summed E-state index contributed by atoms with van der Waals surface area (Å²) in [4.78, 5) is 0. The van der Waals surface area contributed by atoms with E-state index in [1.165, 1.54) is 12.1 Å². The van der Waals surface area contributed by atoms with Gasteiger partial charge in [0.1, 0.15) is 5.82 Å². The molecular formula is C11H16FN3. The zero-order valence-corrected chi connectivity index (χ0v) is 8.54. The van der Waals surface area contributed by atoms with Crippen molar-refractivity contribution < 1.29 is 4.39 Å². The molecule has 0 fully saturated rings. The molecule has 1 aromatic rings. The molecule has 0 saturated heterocycles. The lowest BCUT2D eigenvalue weighted by Crippen LogP contribution is -2.28. The lowest BCUT2D eigenvalue weighted by atomic mass is 10.0. The topological polar surface area (TPSA) is 64.1 Å². The molecule has 5 N–H and O–H groups in total. The van der Waals surface area contributed by atoms with E-state index in [9.17, 15) is 4.39 Å². The molecule has 0 spiro atoms. The van der Waals surface area contributed by atoms with Crippen molar-refractivity contribution >= 4 is 5.69 Å². The monoisotopic (exact) mass is 209 g/mol. The first-order chi connectivity index (χ1) is 7.19. The number of nitrogens with two attached hydrogens (primary N) is 2. The lowest BCUT2D eigenvalue weighted by Gasteiger charge is -2.17. The summed E-state index contributed by atoms with van der Waals surface area (Å²) in [5.74, 6) is 5.09. The van der Waals surface area contributed by atoms with Crippen LogP contribution in [0.1, 0.15) is 24.4 Å². The average molecular weight is 209 g/mol. The fourth-order valence-electron chi connectivity index (χ4n) is 1.46. The predicted molar refractivity (Wildman–Crippen MR) is 60.3 cm³/mol. The largest absolute Gasteiger partial charge is 0.398 e. The molecule has 82 valence electrons. The van der Waals surface area contributed by atoms with Crippen molar-refractivity contribution in [2.24, 2.45) is 5.84 Å². The number of anilines is 1. The molecule has 0 heterocycles. The van der Waals surface area contributed by atoms with Crippen LogP contribution in [0, 0.1) is 5.82 Å². The molecule has 1 rings (SSSR count). The van der Waals surface area contributed by atoms with Gasteiger partial charge < -0.3 is 5.73 Å². The molecule has 0 amide bonds. The number of hydrogen-bond acceptors (Lipinski definition) is 3. The van der Waals surface area contributed by atoms with Gasteiger partial charge in [-0.3, -0.25) is 11.3 Å². The van der Waals surface area contributed by atoms with E-state index in [1.807, 2.05) is 0 Å². The summed E-state index contributed by atoms with van der Waals surface area (Å²) < 4.78 is 13.0. The Morgan fingerprint density at radius 2 is 2.27 bits per heavy atom. The molecule has 15 heavy (non-hydrogen) atoms. The Hall–Kier alpha value is -1.39. The molecule has 1 aromatic carbocycles. The van der Waals surface area contributed by atoms with Gasteiger partial charge in [-0.05, 0) is 36.6 Å². The van der Waals surface area contributed by atoms with E-state index in [0.29, 0.717) is 11.3 Å². The number of halogens is 1. The summed E-state index contributed by atoms with van der Waals surface area (Å²) in [6.07, 6.45) is 3.33. The number of nitrogen functional groups attached to an aromatic ring is 1. The van der Waals surface area contributed by atoms with Gasteiger partial charge in [0.2, 0.25) is 0 Å². The molecule has 0 bridgehead atoms. The van der Waals surface area contributed by atoms with Gasteiger partial charge in [0.05, 0.1) is 0 Å². The molecule has 0 aromatic heterocycles. The Kier molecular flexibility index (Phi) is 4.27. The third kappa shape index (κ3) is 3.04. The minimum atomic E-state index is -0.307. The second kappa shape index (κ2) is 5.48. The maximum atomic E-state index is 13.0. The van der Waals surface area contributed by atoms with Crippen molar-refractivity contribution in [2.75, 3.05) is 5.73 Å². The van der Waals surface area contributed by atoms with Gasteiger partial charge in [-0.2, -0.15) is 0 Å². The van der Waals surface area contributed by atoms with Crippen LogP contribution in [0.5, 0.6) is 0 Å². The second-order valence-corrected chi connectivity index (χ2v) is 3.36. The number of nitrogens with one attached hydrogen (secondary N) is 1. The normalized spacial score (nSPS) is 12.4. The zero-order chi connectivity index (χ0) is 11.3. The first-order valence-electron chi connectivity index (χ1n) is 4.81. The van der Waals surface area contributed by atoms with Crippen molar-refractivity contribution in [1.29, 1.82) is 0 Å². The lowest BCUT2D eigenvalue weighted by molar-refractivity contribution is 0.517. The molecule has 0 aliphatic rings. The average Bonchev–Trinajstić information content (AvgIpc) is 2.24. The fraction of sp³-hybridized carbons (Fsp3) is 0.273. The molecular weight excluding hydrogens is 193 g/mol. The van der Waals surface area contributed by atoms with E-state index in [2.05, 4.69) is 12.0 Å². The minimum Gasteiger partial charge on any atom is -0.398 e. The van der Waals surface area contributed by atoms with E-state index >= 15 is 0 Å². The van der Waals surface area contributed by atoms with E-state index < -0.39 is 0 Å². The van der Waals surface area contributed by atoms with Gasteiger partial charge in [-0.1, -0.05) is 6.08 Å². The van der Waals surface area contributed by atoms with Crippen molar-refractivity contribution in [3.63, 3.8) is 0 Å². The van der Waals surface area contributed by atoms with Crippen molar-refractivity contribution in [3.8, 4) is 0 Å². The summed E-state index contributed by atoms with van der Waals surface area (Å²) in [5.41, 5.74) is 9.62. The molecule has 1 atom stereocenters. The number of hydrogen-bond donors (Lipinski definition) is 3. The maximum Gasteiger partial charge on any atom is 0.123 e. The Bertz CT molecular complexity index is 339. The summed E-state index contributed by atoms with van der Waals surface area (Å²) >= 11 is 0. The first kappa shape index (κ1) is 11.7. The predicted octanol–water partition coefficient (Wildman–Crippen LogP) is 1.88. The van der Waals surface area contributed by atoms with Crippen LogP contribution >= 0.6 is 0 Å². The standard InChI is InChI=1S/C11H16FN3/c1-2-3-4-11(15-14)9-7-8(12)5-6-10(9)13/h2,5-7,11,15H,1,3-4,13-14H2. The number of allylic oxidation sites excluding steroid dienone is 1. The van der Waals surface area contributed by atoms with Gasteiger partial charge in [0.25, 0.3) is 0 Å². The number of hydrazine groups is 1. The van der Waals surface area contributed by atoms with Gasteiger partial charge >= 0.3 is 0 Å². The first-order valence-corrected chi connectivity index (χ1v) is 4.81. The molecule has 4 heteroatoms. The third-order valence-corrected chi connectivity index (χ3v) is 2.28. The van der Waals surface area contributed by atoms with Crippen LogP contribution in [0.4, 0.5) is 10.1 Å². The van der Waals surface area contributed by atoms with Gasteiger partial charge in [0, 0.05) is 11.7 Å². The van der Waals surface area contributed by atoms with Crippen molar-refractivity contribution in [2.45, 2.75) is 18.9 Å². The Morgan fingerprint density at radius 1 is 1.53 bits per heavy atom. The van der Waals surface area contributed by atoms with E-state index in [0.717, 1.165) is 12.8 Å². The van der Waals surface area contributed by atoms with Crippen LogP contribution in [0.2, 0.25) is 0 Å². The molecule has 0 aliphatic carbocycles. The zero-order valence-electron chi connectivity index (χ0n) is 8.54. The van der Waals surface area contributed by atoms with Crippen molar-refractivity contribution in [3.05, 3.63) is 42.2 Å². The highest BCUT2D eigenvalue weighted by Gasteiger charge is 2.12. The quantitative estimate of drug-likeness (QED) is 0.300. The van der Waals surface area contributed by atoms with Crippen LogP contribution in [0.25, 0.3) is 0 Å². The summed E-state index contributed by atoms with van der Waals surface area (Å²) in [5, 5.41) is 0. The third-order valence-electron chi connectivity index (χ3n) is 2.28. The summed E-state index contributed by atoms with van der Waals surface area (Å²) in [6, 6.07) is 4.14. The van der Waals surface area contributed by atoms with Gasteiger partial charge in [-0.15, -0.1) is 6.58 Å². The SMILES string of the molecule is C=CCCC(NN)c1cc(F)ccc1N. The number of rotatable bonds is 5. The molecule has 0 aliphatic heterocycles. The summed E-state index contributed by atoms with van der Waals surface area (Å²) in [6.45, 7) is 3.63. The smallest absolute Gasteiger partial charge is 0.123 e. The van der Waals surface area contributed by atoms with Gasteiger partial charge in [-0.25, -0.2) is 4.39 Å². The van der Waals surface area contributed by atoms with Crippen LogP contribution in [0.15, 0.2) is 30.9 Å². The highest BCUT2D eigenvalue weighted by atomic mass is 19.1. The molecule has 0 saturated carbocycles. The highest BCUT2D eigenvalue weighted by molar-refractivity contribution is 5.48. The van der Waals surface area contributed by atoms with E-state index in [-0.39, 0.29) is 11.9 Å². The Balaban J connectivity index is 2.89. The highest BCUT2D eigenvalue weighted by Crippen LogP contribution is 2.24. The number of benzene rings is 1. The van der Waals surface area contributed by atoms with Crippen LogP contribution in [-0.4, -0.2) is 0 Å². The fourth-order valence-corrected chi connectivity index (χ4v) is 1.46. The summed E-state index contributed by atoms with van der Waals surface area (Å²) in [7, 11) is 0. The van der Waals surface area contributed by atoms with Crippen LogP contribution < -0.4 is 17.0 Å². The van der Waals surface area contributed by atoms with Crippen LogP contribution in [0.3, 0.4) is 0 Å². The maximum absolute atomic E-state index is 13.0. The minimum absolute atomic E-state index is 0.140. The molecule has 3 nitrogen and oxygen atoms in total. The van der Waals surface area contributed by atoms with Crippen molar-refractivity contribution in [1.82, 2.24) is 5.43 Å². The Morgan fingerprint density at radius 3 is 2.87 bits per heavy atom. The van der Waals surface area contributed by atoms with E-state index in [1.54, 1.807) is 12.1 Å². The van der Waals surface area contributed by atoms with E-state index in [4.69, 9.17) is 11.6 Å².